The van der Waals surface area contributed by atoms with E-state index in [0.29, 0.717) is 6.61 Å². The molecule has 0 fully saturated rings. The lowest BCUT2D eigenvalue weighted by Crippen LogP contribution is -2.15. The molecule has 0 saturated heterocycles. The lowest BCUT2D eigenvalue weighted by Gasteiger charge is -2.18. The molecule has 0 aromatic heterocycles. The van der Waals surface area contributed by atoms with E-state index in [4.69, 9.17) is 9.47 Å². The van der Waals surface area contributed by atoms with E-state index < -0.39 is 0 Å². The second-order valence-corrected chi connectivity index (χ2v) is 5.82. The van der Waals surface area contributed by atoms with Crippen LogP contribution in [0.25, 0.3) is 11.1 Å². The molecule has 0 unspecified atom stereocenters. The van der Waals surface area contributed by atoms with Gasteiger partial charge in [-0.05, 0) is 56.9 Å². The third kappa shape index (κ3) is 3.92. The summed E-state index contributed by atoms with van der Waals surface area (Å²) >= 11 is 0. The highest BCUT2D eigenvalue weighted by Crippen LogP contribution is 2.38. The largest absolute Gasteiger partial charge is 0.481 e. The Labute approximate surface area is 138 Å². The summed E-state index contributed by atoms with van der Waals surface area (Å²) < 4.78 is 10.8. The molecule has 0 aliphatic heterocycles. The predicted octanol–water partition coefficient (Wildman–Crippen LogP) is 4.53. The Morgan fingerprint density at radius 2 is 1.61 bits per heavy atom. The van der Waals surface area contributed by atoms with Crippen molar-refractivity contribution in [3.8, 4) is 16.9 Å². The van der Waals surface area contributed by atoms with Gasteiger partial charge in [0.05, 0.1) is 6.61 Å². The fraction of sp³-hybridized carbons (Fsp3) is 0.350. The van der Waals surface area contributed by atoms with E-state index >= 15 is 0 Å². The van der Waals surface area contributed by atoms with Crippen LogP contribution in [0, 0.1) is 27.7 Å². The van der Waals surface area contributed by atoms with Gasteiger partial charge >= 0.3 is 5.97 Å². The van der Waals surface area contributed by atoms with Crippen LogP contribution >= 0.6 is 0 Å². The van der Waals surface area contributed by atoms with Crippen molar-refractivity contribution in [1.29, 1.82) is 0 Å². The molecule has 122 valence electrons. The minimum atomic E-state index is -0.347. The second kappa shape index (κ2) is 7.32. The highest BCUT2D eigenvalue weighted by Gasteiger charge is 2.16. The summed E-state index contributed by atoms with van der Waals surface area (Å²) in [6.45, 7) is 10.3. The third-order valence-corrected chi connectivity index (χ3v) is 3.86. The van der Waals surface area contributed by atoms with Crippen molar-refractivity contribution in [3.63, 3.8) is 0 Å². The average molecular weight is 312 g/mol. The van der Waals surface area contributed by atoms with Crippen molar-refractivity contribution < 1.29 is 14.3 Å². The molecular weight excluding hydrogens is 288 g/mol. The first kappa shape index (κ1) is 17.1. The maximum Gasteiger partial charge on any atom is 0.344 e. The Balaban J connectivity index is 2.48. The molecule has 23 heavy (non-hydrogen) atoms. The third-order valence-electron chi connectivity index (χ3n) is 3.86. The van der Waals surface area contributed by atoms with Crippen LogP contribution in [0.2, 0.25) is 0 Å². The molecule has 0 saturated carbocycles. The van der Waals surface area contributed by atoms with Crippen LogP contribution in [0.4, 0.5) is 0 Å². The zero-order chi connectivity index (χ0) is 17.0. The van der Waals surface area contributed by atoms with Gasteiger partial charge < -0.3 is 9.47 Å². The lowest BCUT2D eigenvalue weighted by atomic mass is 9.92. The van der Waals surface area contributed by atoms with Crippen LogP contribution in [0.3, 0.4) is 0 Å². The Bertz CT molecular complexity index is 717. The number of carbonyl (C=O) groups excluding carboxylic acids is 1. The Morgan fingerprint density at radius 1 is 0.957 bits per heavy atom. The summed E-state index contributed by atoms with van der Waals surface area (Å²) in [5, 5.41) is 0. The maximum absolute atomic E-state index is 11.6. The lowest BCUT2D eigenvalue weighted by molar-refractivity contribution is -0.145. The van der Waals surface area contributed by atoms with Crippen molar-refractivity contribution in [2.24, 2.45) is 0 Å². The molecule has 0 amide bonds. The van der Waals surface area contributed by atoms with Crippen LogP contribution in [0.1, 0.15) is 29.2 Å². The number of carbonyl (C=O) groups is 1. The minimum absolute atomic E-state index is 0.0734. The second-order valence-electron chi connectivity index (χ2n) is 5.82. The van der Waals surface area contributed by atoms with Gasteiger partial charge in [-0.1, -0.05) is 35.9 Å². The first-order valence-corrected chi connectivity index (χ1v) is 7.90. The molecule has 0 atom stereocenters. The molecule has 0 bridgehead atoms. The van der Waals surface area contributed by atoms with Gasteiger partial charge in [0.15, 0.2) is 6.61 Å². The van der Waals surface area contributed by atoms with Crippen molar-refractivity contribution in [2.75, 3.05) is 13.2 Å². The Kier molecular flexibility index (Phi) is 5.43. The first-order valence-electron chi connectivity index (χ1n) is 7.90. The van der Waals surface area contributed by atoms with E-state index in [1.807, 2.05) is 13.0 Å². The van der Waals surface area contributed by atoms with Crippen molar-refractivity contribution in [1.82, 2.24) is 0 Å². The molecule has 0 spiro atoms. The van der Waals surface area contributed by atoms with E-state index in [2.05, 4.69) is 45.0 Å². The molecular formula is C20H24O3. The highest BCUT2D eigenvalue weighted by atomic mass is 16.6. The Hall–Kier alpha value is -2.29. The number of benzene rings is 2. The van der Waals surface area contributed by atoms with Gasteiger partial charge in [-0.3, -0.25) is 0 Å². The fourth-order valence-corrected chi connectivity index (χ4v) is 2.64. The summed E-state index contributed by atoms with van der Waals surface area (Å²) in [5.41, 5.74) is 6.72. The molecule has 0 radical (unpaired) electrons. The first-order chi connectivity index (χ1) is 10.9. The quantitative estimate of drug-likeness (QED) is 0.761. The molecule has 0 aliphatic carbocycles. The van der Waals surface area contributed by atoms with Gasteiger partial charge in [0, 0.05) is 5.56 Å². The molecule has 0 aliphatic rings. The van der Waals surface area contributed by atoms with E-state index in [-0.39, 0.29) is 12.6 Å². The number of rotatable bonds is 5. The molecule has 3 nitrogen and oxygen atoms in total. The number of aryl methyl sites for hydroxylation is 4. The van der Waals surface area contributed by atoms with E-state index in [9.17, 15) is 4.79 Å². The summed E-state index contributed by atoms with van der Waals surface area (Å²) in [4.78, 5) is 11.6. The van der Waals surface area contributed by atoms with E-state index in [0.717, 1.165) is 28.0 Å². The van der Waals surface area contributed by atoms with Crippen LogP contribution in [-0.4, -0.2) is 19.2 Å². The standard InChI is InChI=1S/C20H24O3/c1-6-22-18(21)12-23-20-16(5)10-9-15(4)19(20)17-11-13(2)7-8-14(17)3/h7-11H,6,12H2,1-5H3. The average Bonchev–Trinajstić information content (AvgIpc) is 2.51. The van der Waals surface area contributed by atoms with Crippen molar-refractivity contribution >= 4 is 5.97 Å². The van der Waals surface area contributed by atoms with Crippen molar-refractivity contribution in [3.05, 3.63) is 52.6 Å². The molecule has 0 heterocycles. The highest BCUT2D eigenvalue weighted by molar-refractivity contribution is 5.79. The zero-order valence-electron chi connectivity index (χ0n) is 14.5. The summed E-state index contributed by atoms with van der Waals surface area (Å²) in [6, 6.07) is 10.5. The van der Waals surface area contributed by atoms with Gasteiger partial charge in [0.2, 0.25) is 0 Å². The molecule has 2 aromatic carbocycles. The van der Waals surface area contributed by atoms with Crippen LogP contribution in [0.5, 0.6) is 5.75 Å². The van der Waals surface area contributed by atoms with E-state index in [1.165, 1.54) is 11.1 Å². The number of ether oxygens (including phenoxy) is 2. The topological polar surface area (TPSA) is 35.5 Å². The van der Waals surface area contributed by atoms with E-state index in [1.54, 1.807) is 6.92 Å². The Morgan fingerprint density at radius 3 is 2.30 bits per heavy atom. The fourth-order valence-electron chi connectivity index (χ4n) is 2.64. The monoisotopic (exact) mass is 312 g/mol. The zero-order valence-corrected chi connectivity index (χ0v) is 14.5. The van der Waals surface area contributed by atoms with Gasteiger partial charge in [0.25, 0.3) is 0 Å². The smallest absolute Gasteiger partial charge is 0.344 e. The number of esters is 1. The molecule has 2 rings (SSSR count). The summed E-state index contributed by atoms with van der Waals surface area (Å²) in [7, 11) is 0. The summed E-state index contributed by atoms with van der Waals surface area (Å²) in [6.07, 6.45) is 0. The maximum atomic E-state index is 11.6. The molecule has 2 aromatic rings. The SMILES string of the molecule is CCOC(=O)COc1c(C)ccc(C)c1-c1cc(C)ccc1C. The molecule has 3 heteroatoms. The van der Waals surface area contributed by atoms with Crippen molar-refractivity contribution in [2.45, 2.75) is 34.6 Å². The van der Waals surface area contributed by atoms with Crippen LogP contribution < -0.4 is 4.74 Å². The van der Waals surface area contributed by atoms with Crippen LogP contribution in [0.15, 0.2) is 30.3 Å². The normalized spacial score (nSPS) is 10.5. The minimum Gasteiger partial charge on any atom is -0.481 e. The van der Waals surface area contributed by atoms with Gasteiger partial charge in [-0.2, -0.15) is 0 Å². The predicted molar refractivity (Wildman–Crippen MR) is 93.0 cm³/mol. The van der Waals surface area contributed by atoms with Crippen LogP contribution in [-0.2, 0) is 9.53 Å². The number of hydrogen-bond acceptors (Lipinski definition) is 3. The van der Waals surface area contributed by atoms with Gasteiger partial charge in [-0.15, -0.1) is 0 Å². The van der Waals surface area contributed by atoms with Gasteiger partial charge in [0.1, 0.15) is 5.75 Å². The summed E-state index contributed by atoms with van der Waals surface area (Å²) in [5.74, 6) is 0.409. The number of hydrogen-bond donors (Lipinski definition) is 0. The molecule has 0 N–H and O–H groups in total. The van der Waals surface area contributed by atoms with Gasteiger partial charge in [-0.25, -0.2) is 4.79 Å².